The topological polar surface area (TPSA) is 117 Å². The second kappa shape index (κ2) is 14.4. The van der Waals surface area contributed by atoms with Crippen molar-refractivity contribution in [2.45, 2.75) is 88.5 Å². The van der Waals surface area contributed by atoms with Gasteiger partial charge in [0.05, 0.1) is 10.7 Å². The van der Waals surface area contributed by atoms with Crippen LogP contribution in [-0.2, 0) is 24.1 Å². The van der Waals surface area contributed by atoms with Crippen LogP contribution in [0, 0.1) is 0 Å². The van der Waals surface area contributed by atoms with E-state index in [0.29, 0.717) is 80.8 Å². The standard InChI is InChI=1S/C37H51ClN8O3/c1-3-25-18-24(19-31(38)34(25)39)20-33(35(47)43-13-9-28(10-14-43)46-23-29-21-30(46)22-42(29)2)41-36(48)44-15-11-27(12-16-44)45-17-8-26-6-4-5-7-32(26)40-37(45)49/h4-7,18-19,27-30,33H,3,8-17,20-23,39H2,1-2H3,(H,40,49)(H,41,48)/t29?,30?,33-/m1/s1. The van der Waals surface area contributed by atoms with E-state index in [1.54, 1.807) is 4.90 Å². The number of hydrogen-bond acceptors (Lipinski definition) is 6. The molecule has 4 saturated heterocycles. The van der Waals surface area contributed by atoms with E-state index in [1.165, 1.54) is 6.42 Å². The van der Waals surface area contributed by atoms with Crippen LogP contribution in [0.5, 0.6) is 0 Å². The molecule has 0 spiro atoms. The zero-order valence-corrected chi connectivity index (χ0v) is 29.6. The van der Waals surface area contributed by atoms with E-state index in [0.717, 1.165) is 61.2 Å². The summed E-state index contributed by atoms with van der Waals surface area (Å²) in [6, 6.07) is 12.6. The largest absolute Gasteiger partial charge is 0.397 e. The maximum atomic E-state index is 14.2. The summed E-state index contributed by atoms with van der Waals surface area (Å²) in [4.78, 5) is 52.0. The maximum Gasteiger partial charge on any atom is 0.322 e. The molecular formula is C37H51ClN8O3. The summed E-state index contributed by atoms with van der Waals surface area (Å²) >= 11 is 6.52. The van der Waals surface area contributed by atoms with Gasteiger partial charge in [0, 0.05) is 82.1 Å². The van der Waals surface area contributed by atoms with Crippen molar-refractivity contribution in [1.82, 2.24) is 29.8 Å². The number of benzene rings is 2. The first kappa shape index (κ1) is 33.9. The van der Waals surface area contributed by atoms with Gasteiger partial charge in [0.15, 0.2) is 0 Å². The fourth-order valence-electron chi connectivity index (χ4n) is 8.92. The molecule has 2 bridgehead atoms. The number of aryl methyl sites for hydroxylation is 1. The van der Waals surface area contributed by atoms with Crippen LogP contribution in [0.1, 0.15) is 55.7 Å². The van der Waals surface area contributed by atoms with Crippen molar-refractivity contribution in [3.05, 3.63) is 58.1 Å². The van der Waals surface area contributed by atoms with Crippen molar-refractivity contribution in [2.24, 2.45) is 0 Å². The Hall–Kier alpha value is -3.54. The minimum Gasteiger partial charge on any atom is -0.397 e. The Morgan fingerprint density at radius 2 is 1.67 bits per heavy atom. The lowest BCUT2D eigenvalue weighted by atomic mass is 9.98. The summed E-state index contributed by atoms with van der Waals surface area (Å²) in [6.07, 6.45) is 6.39. The lowest BCUT2D eigenvalue weighted by Gasteiger charge is -2.42. The smallest absolute Gasteiger partial charge is 0.322 e. The van der Waals surface area contributed by atoms with Gasteiger partial charge in [-0.15, -0.1) is 0 Å². The van der Waals surface area contributed by atoms with Crippen LogP contribution in [0.3, 0.4) is 0 Å². The highest BCUT2D eigenvalue weighted by atomic mass is 35.5. The molecule has 12 heteroatoms. The van der Waals surface area contributed by atoms with Crippen molar-refractivity contribution in [3.8, 4) is 0 Å². The molecular weight excluding hydrogens is 640 g/mol. The summed E-state index contributed by atoms with van der Waals surface area (Å²) in [5.41, 5.74) is 10.6. The predicted molar refractivity (Wildman–Crippen MR) is 193 cm³/mol. The molecule has 2 unspecified atom stereocenters. The third-order valence-corrected chi connectivity index (χ3v) is 12.1. The first-order valence-electron chi connectivity index (χ1n) is 18.2. The van der Waals surface area contributed by atoms with E-state index in [4.69, 9.17) is 17.3 Å². The summed E-state index contributed by atoms with van der Waals surface area (Å²) in [5.74, 6) is -0.0452. The van der Waals surface area contributed by atoms with Gasteiger partial charge >= 0.3 is 12.1 Å². The average Bonchev–Trinajstić information content (AvgIpc) is 3.64. The maximum absolute atomic E-state index is 14.2. The molecule has 0 aromatic heterocycles. The SMILES string of the molecule is CCc1cc(C[C@@H](NC(=O)N2CCC(N3CCc4ccccc4NC3=O)CC2)C(=O)N2CCC(N3CC4CC3CN4C)CC2)cc(Cl)c1N. The van der Waals surface area contributed by atoms with Gasteiger partial charge in [0.25, 0.3) is 0 Å². The second-order valence-electron chi connectivity index (χ2n) is 14.7. The molecule has 7 rings (SSSR count). The Morgan fingerprint density at radius 3 is 2.37 bits per heavy atom. The van der Waals surface area contributed by atoms with Crippen molar-refractivity contribution >= 4 is 40.9 Å². The van der Waals surface area contributed by atoms with Crippen LogP contribution in [0.15, 0.2) is 36.4 Å². The molecule has 4 N–H and O–H groups in total. The highest BCUT2D eigenvalue weighted by Crippen LogP contribution is 2.34. The van der Waals surface area contributed by atoms with Crippen LogP contribution >= 0.6 is 11.6 Å². The number of piperazine rings is 1. The number of nitrogens with zero attached hydrogens (tertiary/aromatic N) is 5. The number of likely N-dealkylation sites (tertiary alicyclic amines) is 4. The van der Waals surface area contributed by atoms with Crippen LogP contribution in [-0.4, -0.2) is 126 Å². The Morgan fingerprint density at radius 1 is 0.959 bits per heavy atom. The Balaban J connectivity index is 0.993. The fraction of sp³-hybridized carbons (Fsp3) is 0.595. The van der Waals surface area contributed by atoms with Gasteiger partial charge in [-0.05, 0) is 80.8 Å². The number of nitrogens with one attached hydrogen (secondary N) is 2. The molecule has 264 valence electrons. The molecule has 4 fully saturated rings. The molecule has 0 radical (unpaired) electrons. The van der Waals surface area contributed by atoms with E-state index < -0.39 is 6.04 Å². The highest BCUT2D eigenvalue weighted by molar-refractivity contribution is 6.33. The van der Waals surface area contributed by atoms with Crippen molar-refractivity contribution in [1.29, 1.82) is 0 Å². The van der Waals surface area contributed by atoms with E-state index in [-0.39, 0.29) is 24.0 Å². The van der Waals surface area contributed by atoms with E-state index in [2.05, 4.69) is 33.5 Å². The molecule has 0 saturated carbocycles. The summed E-state index contributed by atoms with van der Waals surface area (Å²) in [6.45, 7) is 7.35. The van der Waals surface area contributed by atoms with E-state index >= 15 is 0 Å². The summed E-state index contributed by atoms with van der Waals surface area (Å²) < 4.78 is 0. The second-order valence-corrected chi connectivity index (χ2v) is 15.1. The Bertz CT molecular complexity index is 1550. The first-order valence-corrected chi connectivity index (χ1v) is 18.6. The number of nitrogens with two attached hydrogens (primary N) is 1. The quantitative estimate of drug-likeness (QED) is 0.378. The highest BCUT2D eigenvalue weighted by Gasteiger charge is 2.45. The molecule has 2 aromatic rings. The number of amides is 5. The number of para-hydroxylation sites is 1. The molecule has 5 amide bonds. The number of nitrogen functional groups attached to an aromatic ring is 1. The molecule has 2 aromatic carbocycles. The number of rotatable bonds is 7. The fourth-order valence-corrected chi connectivity index (χ4v) is 9.19. The van der Waals surface area contributed by atoms with Crippen LogP contribution in [0.25, 0.3) is 0 Å². The van der Waals surface area contributed by atoms with Gasteiger partial charge in [-0.25, -0.2) is 9.59 Å². The van der Waals surface area contributed by atoms with E-state index in [1.807, 2.05) is 47.1 Å². The minimum atomic E-state index is -0.725. The number of urea groups is 2. The number of likely N-dealkylation sites (N-methyl/N-ethyl adjacent to an activating group) is 1. The van der Waals surface area contributed by atoms with Gasteiger partial charge in [-0.3, -0.25) is 9.69 Å². The molecule has 0 aliphatic carbocycles. The number of anilines is 2. The van der Waals surface area contributed by atoms with Crippen molar-refractivity contribution in [3.63, 3.8) is 0 Å². The van der Waals surface area contributed by atoms with Crippen LogP contribution in [0.2, 0.25) is 5.02 Å². The molecule has 5 heterocycles. The average molecular weight is 691 g/mol. The molecule has 5 aliphatic rings. The van der Waals surface area contributed by atoms with Crippen molar-refractivity contribution < 1.29 is 14.4 Å². The van der Waals surface area contributed by atoms with Crippen molar-refractivity contribution in [2.75, 3.05) is 63.9 Å². The lowest BCUT2D eigenvalue weighted by Crippen LogP contribution is -2.58. The number of carbonyl (C=O) groups excluding carboxylic acids is 3. The number of piperidine rings is 2. The molecule has 3 atom stereocenters. The lowest BCUT2D eigenvalue weighted by molar-refractivity contribution is -0.135. The molecule has 5 aliphatic heterocycles. The monoisotopic (exact) mass is 690 g/mol. The number of hydrogen-bond donors (Lipinski definition) is 3. The zero-order chi connectivity index (χ0) is 34.2. The number of carbonyl (C=O) groups is 3. The number of halogens is 1. The molecule has 11 nitrogen and oxygen atoms in total. The predicted octanol–water partition coefficient (Wildman–Crippen LogP) is 4.04. The van der Waals surface area contributed by atoms with Gasteiger partial charge < -0.3 is 36.0 Å². The Kier molecular flexibility index (Phi) is 9.95. The summed E-state index contributed by atoms with van der Waals surface area (Å²) in [5, 5.41) is 6.68. The zero-order valence-electron chi connectivity index (χ0n) is 28.9. The van der Waals surface area contributed by atoms with E-state index in [9.17, 15) is 14.4 Å². The van der Waals surface area contributed by atoms with Gasteiger partial charge in [0.1, 0.15) is 6.04 Å². The molecule has 49 heavy (non-hydrogen) atoms. The minimum absolute atomic E-state index is 0.0452. The first-order chi connectivity index (χ1) is 23.7. The van der Waals surface area contributed by atoms with Crippen LogP contribution < -0.4 is 16.4 Å². The third kappa shape index (κ3) is 7.07. The van der Waals surface area contributed by atoms with Gasteiger partial charge in [0.2, 0.25) is 5.91 Å². The third-order valence-electron chi connectivity index (χ3n) is 11.8. The Labute approximate surface area is 295 Å². The summed E-state index contributed by atoms with van der Waals surface area (Å²) in [7, 11) is 2.23. The number of fused-ring (bicyclic) bond motifs is 3. The van der Waals surface area contributed by atoms with Crippen LogP contribution in [0.4, 0.5) is 21.0 Å². The van der Waals surface area contributed by atoms with Gasteiger partial charge in [-0.1, -0.05) is 42.8 Å². The van der Waals surface area contributed by atoms with Gasteiger partial charge in [-0.2, -0.15) is 0 Å². The normalized spacial score (nSPS) is 24.5.